The van der Waals surface area contributed by atoms with E-state index in [1.165, 1.54) is 0 Å². The minimum absolute atomic E-state index is 0.281. The second-order valence-electron chi connectivity index (χ2n) is 7.06. The number of hydrogen-bond acceptors (Lipinski definition) is 4. The molecule has 1 fully saturated rings. The molecule has 7 nitrogen and oxygen atoms in total. The van der Waals surface area contributed by atoms with Crippen LogP contribution in [0, 0.1) is 24.7 Å². The molecule has 1 saturated heterocycles. The van der Waals surface area contributed by atoms with Crippen LogP contribution in [0.1, 0.15) is 43.4 Å². The fourth-order valence-corrected chi connectivity index (χ4v) is 4.11. The van der Waals surface area contributed by atoms with Crippen molar-refractivity contribution in [3.05, 3.63) is 34.3 Å². The molecule has 1 aromatic carbocycles. The minimum atomic E-state index is -1.10. The van der Waals surface area contributed by atoms with Gasteiger partial charge in [-0.25, -0.2) is 0 Å². The number of halogens is 1. The number of ether oxygens (including phenoxy) is 1. The first kappa shape index (κ1) is 21.2. The normalized spacial score (nSPS) is 27.9. The smallest absolute Gasteiger partial charge is 0.303 e. The summed E-state index contributed by atoms with van der Waals surface area (Å²) in [5.74, 6) is -5.19. The van der Waals surface area contributed by atoms with Gasteiger partial charge in [0, 0.05) is 17.4 Å². The van der Waals surface area contributed by atoms with Crippen LogP contribution in [-0.4, -0.2) is 39.3 Å². The zero-order valence-electron chi connectivity index (χ0n) is 15.1. The van der Waals surface area contributed by atoms with E-state index < -0.39 is 47.9 Å². The Bertz CT molecular complexity index is 733. The van der Waals surface area contributed by atoms with Crippen molar-refractivity contribution in [3.63, 3.8) is 0 Å². The SMILES string of the molecule is Cc1ccc([C@H]2O[C@H](C)[C@H](CC(=O)O)[C@H](CC(=O)O)[C@@H]2CC(=O)O)cc1Cl. The van der Waals surface area contributed by atoms with Gasteiger partial charge in [-0.3, -0.25) is 14.4 Å². The Balaban J connectivity index is 2.48. The topological polar surface area (TPSA) is 121 Å². The third kappa shape index (κ3) is 5.20. The molecule has 3 N–H and O–H groups in total. The van der Waals surface area contributed by atoms with Gasteiger partial charge in [0.25, 0.3) is 0 Å². The predicted octanol–water partition coefficient (Wildman–Crippen LogP) is 3.38. The Morgan fingerprint density at radius 1 is 0.963 bits per heavy atom. The summed E-state index contributed by atoms with van der Waals surface area (Å²) in [6, 6.07) is 5.26. The van der Waals surface area contributed by atoms with Crippen LogP contribution < -0.4 is 0 Å². The molecular formula is C19H23ClO7. The van der Waals surface area contributed by atoms with Crippen molar-refractivity contribution in [2.45, 2.75) is 45.3 Å². The molecule has 0 aliphatic carbocycles. The number of rotatable bonds is 7. The number of aryl methyl sites for hydroxylation is 1. The highest BCUT2D eigenvalue weighted by Crippen LogP contribution is 2.47. The van der Waals surface area contributed by atoms with Crippen molar-refractivity contribution < 1.29 is 34.4 Å². The number of benzene rings is 1. The Hall–Kier alpha value is -2.12. The molecule has 2 rings (SSSR count). The van der Waals surface area contributed by atoms with Gasteiger partial charge in [-0.2, -0.15) is 0 Å². The molecular weight excluding hydrogens is 376 g/mol. The molecule has 0 bridgehead atoms. The molecule has 0 spiro atoms. The lowest BCUT2D eigenvalue weighted by molar-refractivity contribution is -0.172. The highest BCUT2D eigenvalue weighted by molar-refractivity contribution is 6.31. The maximum atomic E-state index is 11.5. The standard InChI is InChI=1S/C19H23ClO7/c1-9-3-4-11(5-15(9)20)19-14(8-18(25)26)13(7-17(23)24)12(6-16(21)22)10(2)27-19/h3-5,10,12-14,19H,6-8H2,1-2H3,(H,21,22)(H,23,24)(H,25,26)/t10-,12+,13+,14+,19-/m1/s1. The highest BCUT2D eigenvalue weighted by atomic mass is 35.5. The first-order valence-electron chi connectivity index (χ1n) is 8.67. The van der Waals surface area contributed by atoms with Crippen molar-refractivity contribution in [2.24, 2.45) is 17.8 Å². The largest absolute Gasteiger partial charge is 0.481 e. The Labute approximate surface area is 161 Å². The van der Waals surface area contributed by atoms with Crippen LogP contribution in [0.2, 0.25) is 5.02 Å². The third-order valence-electron chi connectivity index (χ3n) is 5.21. The van der Waals surface area contributed by atoms with Gasteiger partial charge >= 0.3 is 17.9 Å². The van der Waals surface area contributed by atoms with Crippen molar-refractivity contribution in [1.82, 2.24) is 0 Å². The predicted molar refractivity (Wildman–Crippen MR) is 96.7 cm³/mol. The zero-order chi connectivity index (χ0) is 20.3. The average Bonchev–Trinajstić information content (AvgIpc) is 2.54. The fraction of sp³-hybridized carbons (Fsp3) is 0.526. The average molecular weight is 399 g/mol. The van der Waals surface area contributed by atoms with E-state index >= 15 is 0 Å². The van der Waals surface area contributed by atoms with Crippen LogP contribution in [0.4, 0.5) is 0 Å². The Morgan fingerprint density at radius 2 is 1.48 bits per heavy atom. The van der Waals surface area contributed by atoms with Gasteiger partial charge in [0.1, 0.15) is 0 Å². The molecule has 0 amide bonds. The lowest BCUT2D eigenvalue weighted by atomic mass is 9.68. The van der Waals surface area contributed by atoms with E-state index in [-0.39, 0.29) is 19.3 Å². The van der Waals surface area contributed by atoms with Crippen molar-refractivity contribution in [2.75, 3.05) is 0 Å². The van der Waals surface area contributed by atoms with Gasteiger partial charge in [-0.1, -0.05) is 23.7 Å². The lowest BCUT2D eigenvalue weighted by Gasteiger charge is -2.45. The Kier molecular flexibility index (Phi) is 6.84. The number of hydrogen-bond donors (Lipinski definition) is 3. The van der Waals surface area contributed by atoms with Gasteiger partial charge in [0.2, 0.25) is 0 Å². The van der Waals surface area contributed by atoms with Crippen LogP contribution in [0.15, 0.2) is 18.2 Å². The van der Waals surface area contributed by atoms with E-state index in [2.05, 4.69) is 0 Å². The molecule has 1 aliphatic heterocycles. The minimum Gasteiger partial charge on any atom is -0.481 e. The van der Waals surface area contributed by atoms with Crippen molar-refractivity contribution >= 4 is 29.5 Å². The quantitative estimate of drug-likeness (QED) is 0.643. The highest BCUT2D eigenvalue weighted by Gasteiger charge is 2.46. The molecule has 0 radical (unpaired) electrons. The summed E-state index contributed by atoms with van der Waals surface area (Å²) in [5.41, 5.74) is 1.51. The summed E-state index contributed by atoms with van der Waals surface area (Å²) >= 11 is 6.20. The summed E-state index contributed by atoms with van der Waals surface area (Å²) < 4.78 is 6.03. The van der Waals surface area contributed by atoms with E-state index in [0.29, 0.717) is 10.6 Å². The van der Waals surface area contributed by atoms with E-state index in [1.54, 1.807) is 25.1 Å². The van der Waals surface area contributed by atoms with Crippen molar-refractivity contribution in [1.29, 1.82) is 0 Å². The van der Waals surface area contributed by atoms with Crippen LogP contribution >= 0.6 is 11.6 Å². The molecule has 0 unspecified atom stereocenters. The molecule has 1 heterocycles. The number of carboxylic acids is 3. The molecule has 148 valence electrons. The monoisotopic (exact) mass is 398 g/mol. The summed E-state index contributed by atoms with van der Waals surface area (Å²) in [5, 5.41) is 28.4. The lowest BCUT2D eigenvalue weighted by Crippen LogP contribution is -2.45. The Morgan fingerprint density at radius 3 is 2.00 bits per heavy atom. The van der Waals surface area contributed by atoms with Gasteiger partial charge in [-0.15, -0.1) is 0 Å². The summed E-state index contributed by atoms with van der Waals surface area (Å²) in [4.78, 5) is 34.2. The van der Waals surface area contributed by atoms with Crippen LogP contribution in [0.3, 0.4) is 0 Å². The van der Waals surface area contributed by atoms with Crippen LogP contribution in [-0.2, 0) is 19.1 Å². The maximum Gasteiger partial charge on any atom is 0.303 e. The van der Waals surface area contributed by atoms with E-state index in [1.807, 2.05) is 6.92 Å². The first-order chi connectivity index (χ1) is 12.6. The van der Waals surface area contributed by atoms with E-state index in [0.717, 1.165) is 5.56 Å². The molecule has 27 heavy (non-hydrogen) atoms. The molecule has 0 saturated carbocycles. The fourth-order valence-electron chi connectivity index (χ4n) is 3.92. The van der Waals surface area contributed by atoms with Gasteiger partial charge in [-0.05, 0) is 42.9 Å². The molecule has 0 aromatic heterocycles. The third-order valence-corrected chi connectivity index (χ3v) is 5.62. The number of aliphatic carboxylic acids is 3. The van der Waals surface area contributed by atoms with Crippen molar-refractivity contribution in [3.8, 4) is 0 Å². The second-order valence-corrected chi connectivity index (χ2v) is 7.46. The number of carboxylic acid groups (broad SMARTS) is 3. The van der Waals surface area contributed by atoms with Gasteiger partial charge in [0.15, 0.2) is 0 Å². The van der Waals surface area contributed by atoms with E-state index in [9.17, 15) is 29.7 Å². The van der Waals surface area contributed by atoms with Crippen LogP contribution in [0.25, 0.3) is 0 Å². The molecule has 1 aliphatic rings. The second kappa shape index (κ2) is 8.71. The zero-order valence-corrected chi connectivity index (χ0v) is 15.8. The van der Waals surface area contributed by atoms with Crippen LogP contribution in [0.5, 0.6) is 0 Å². The molecule has 5 atom stereocenters. The van der Waals surface area contributed by atoms with E-state index in [4.69, 9.17) is 16.3 Å². The van der Waals surface area contributed by atoms with Gasteiger partial charge < -0.3 is 20.1 Å². The summed E-state index contributed by atoms with van der Waals surface area (Å²) in [6.45, 7) is 3.53. The van der Waals surface area contributed by atoms with Gasteiger partial charge in [0.05, 0.1) is 25.0 Å². The molecule has 1 aromatic rings. The number of carbonyl (C=O) groups is 3. The molecule has 8 heteroatoms. The summed E-state index contributed by atoms with van der Waals surface area (Å²) in [7, 11) is 0. The maximum absolute atomic E-state index is 11.5. The first-order valence-corrected chi connectivity index (χ1v) is 9.04. The summed E-state index contributed by atoms with van der Waals surface area (Å²) in [6.07, 6.45) is -2.14.